The molecule has 0 amide bonds. The molecule has 2 aromatic rings. The average molecular weight is 443 g/mol. The van der Waals surface area contributed by atoms with E-state index in [1.54, 1.807) is 7.11 Å². The number of hydrogen-bond acceptors (Lipinski definition) is 5. The fourth-order valence-corrected chi connectivity index (χ4v) is 3.43. The summed E-state index contributed by atoms with van der Waals surface area (Å²) in [5.74, 6) is 1.72. The minimum atomic E-state index is -0.492. The van der Waals surface area contributed by atoms with Gasteiger partial charge in [0.05, 0.1) is 12.8 Å². The lowest BCUT2D eigenvalue weighted by Gasteiger charge is -2.37. The molecule has 1 N–H and O–H groups in total. The fraction of sp³-hybridized carbons (Fsp3) is 0.455. The van der Waals surface area contributed by atoms with E-state index in [9.17, 15) is 5.11 Å². The van der Waals surface area contributed by atoms with Crippen molar-refractivity contribution in [3.05, 3.63) is 54.1 Å². The van der Waals surface area contributed by atoms with Crippen LogP contribution in [0, 0.1) is 0 Å². The second kappa shape index (κ2) is 12.8. The lowest BCUT2D eigenvalue weighted by molar-refractivity contribution is 0.0663. The number of β-amino-alcohol motifs (C(OH)–C–C–N with tert-alkyl or cyclic N) is 1. The Kier molecular flexibility index (Phi) is 11.2. The zero-order valence-electron chi connectivity index (χ0n) is 17.1. The third-order valence-corrected chi connectivity index (χ3v) is 5.04. The van der Waals surface area contributed by atoms with Gasteiger partial charge < -0.3 is 19.5 Å². The molecule has 0 aliphatic carbocycles. The summed E-state index contributed by atoms with van der Waals surface area (Å²) in [6.07, 6.45) is 0.526. The SMILES string of the molecule is CCc1ccc(OCC(O)CN2CCN(c3ccccc3OC)CC2)cc1.Cl.Cl. The van der Waals surface area contributed by atoms with Crippen LogP contribution in [-0.4, -0.2) is 62.6 Å². The summed E-state index contributed by atoms with van der Waals surface area (Å²) in [6, 6.07) is 16.2. The van der Waals surface area contributed by atoms with Crippen molar-refractivity contribution in [2.75, 3.05) is 51.3 Å². The van der Waals surface area contributed by atoms with E-state index in [4.69, 9.17) is 9.47 Å². The Morgan fingerprint density at radius 1 is 0.966 bits per heavy atom. The summed E-state index contributed by atoms with van der Waals surface area (Å²) in [5.41, 5.74) is 2.43. The highest BCUT2D eigenvalue weighted by molar-refractivity contribution is 5.85. The number of anilines is 1. The first-order valence-electron chi connectivity index (χ1n) is 9.69. The Balaban J connectivity index is 0.00000210. The Morgan fingerprint density at radius 2 is 1.62 bits per heavy atom. The van der Waals surface area contributed by atoms with Crippen LogP contribution in [0.5, 0.6) is 11.5 Å². The van der Waals surface area contributed by atoms with Crippen LogP contribution in [0.3, 0.4) is 0 Å². The van der Waals surface area contributed by atoms with Crippen LogP contribution >= 0.6 is 24.8 Å². The Bertz CT molecular complexity index is 707. The van der Waals surface area contributed by atoms with E-state index < -0.39 is 6.10 Å². The van der Waals surface area contributed by atoms with Crippen molar-refractivity contribution in [3.63, 3.8) is 0 Å². The molecule has 7 heteroatoms. The number of para-hydroxylation sites is 2. The molecule has 1 saturated heterocycles. The van der Waals surface area contributed by atoms with E-state index in [-0.39, 0.29) is 24.8 Å². The minimum Gasteiger partial charge on any atom is -0.495 e. The zero-order valence-corrected chi connectivity index (χ0v) is 18.8. The first-order chi connectivity index (χ1) is 13.2. The monoisotopic (exact) mass is 442 g/mol. The molecule has 0 bridgehead atoms. The molecule has 5 nitrogen and oxygen atoms in total. The fourth-order valence-electron chi connectivity index (χ4n) is 3.43. The molecule has 0 spiro atoms. The maximum atomic E-state index is 10.3. The van der Waals surface area contributed by atoms with Crippen LogP contribution in [0.2, 0.25) is 0 Å². The predicted molar refractivity (Wildman–Crippen MR) is 123 cm³/mol. The number of aliphatic hydroxyl groups excluding tert-OH is 1. The van der Waals surface area contributed by atoms with Crippen molar-refractivity contribution in [2.24, 2.45) is 0 Å². The predicted octanol–water partition coefficient (Wildman–Crippen LogP) is 3.66. The smallest absolute Gasteiger partial charge is 0.142 e. The normalized spacial score (nSPS) is 15.1. The molecule has 29 heavy (non-hydrogen) atoms. The quantitative estimate of drug-likeness (QED) is 0.675. The number of hydrogen-bond donors (Lipinski definition) is 1. The van der Waals surface area contributed by atoms with Gasteiger partial charge in [0.2, 0.25) is 0 Å². The molecule has 3 rings (SSSR count). The van der Waals surface area contributed by atoms with Crippen LogP contribution in [0.25, 0.3) is 0 Å². The van der Waals surface area contributed by atoms with Crippen molar-refractivity contribution in [3.8, 4) is 11.5 Å². The lowest BCUT2D eigenvalue weighted by Crippen LogP contribution is -2.49. The molecule has 162 valence electrons. The topological polar surface area (TPSA) is 45.2 Å². The highest BCUT2D eigenvalue weighted by atomic mass is 35.5. The van der Waals surface area contributed by atoms with Crippen LogP contribution in [0.1, 0.15) is 12.5 Å². The van der Waals surface area contributed by atoms with Gasteiger partial charge in [-0.05, 0) is 36.2 Å². The maximum Gasteiger partial charge on any atom is 0.142 e. The molecule has 1 atom stereocenters. The molecule has 2 aromatic carbocycles. The van der Waals surface area contributed by atoms with E-state index in [1.165, 1.54) is 5.56 Å². The number of rotatable bonds is 8. The number of ether oxygens (including phenoxy) is 2. The van der Waals surface area contributed by atoms with Crippen molar-refractivity contribution in [2.45, 2.75) is 19.4 Å². The van der Waals surface area contributed by atoms with E-state index in [0.717, 1.165) is 49.8 Å². The van der Waals surface area contributed by atoms with E-state index >= 15 is 0 Å². The summed E-state index contributed by atoms with van der Waals surface area (Å²) < 4.78 is 11.2. The number of aliphatic hydroxyl groups is 1. The van der Waals surface area contributed by atoms with Crippen molar-refractivity contribution in [1.29, 1.82) is 0 Å². The number of piperazine rings is 1. The molecule has 1 aliphatic heterocycles. The van der Waals surface area contributed by atoms with Crippen molar-refractivity contribution < 1.29 is 14.6 Å². The van der Waals surface area contributed by atoms with E-state index in [1.807, 2.05) is 30.3 Å². The third-order valence-electron chi connectivity index (χ3n) is 5.04. The number of methoxy groups -OCH3 is 1. The first kappa shape index (κ1) is 25.4. The van der Waals surface area contributed by atoms with Gasteiger partial charge in [0, 0.05) is 32.7 Å². The van der Waals surface area contributed by atoms with Crippen LogP contribution < -0.4 is 14.4 Å². The summed E-state index contributed by atoms with van der Waals surface area (Å²) >= 11 is 0. The number of halogens is 2. The van der Waals surface area contributed by atoms with Crippen LogP contribution in [0.15, 0.2) is 48.5 Å². The van der Waals surface area contributed by atoms with Gasteiger partial charge in [0.1, 0.15) is 24.2 Å². The molecular formula is C22H32Cl2N2O3. The highest BCUT2D eigenvalue weighted by Gasteiger charge is 2.21. The largest absolute Gasteiger partial charge is 0.495 e. The Hall–Kier alpha value is -1.66. The second-order valence-corrected chi connectivity index (χ2v) is 6.92. The highest BCUT2D eigenvalue weighted by Crippen LogP contribution is 2.28. The van der Waals surface area contributed by atoms with Crippen LogP contribution in [-0.2, 0) is 6.42 Å². The van der Waals surface area contributed by atoms with E-state index in [0.29, 0.717) is 13.2 Å². The molecule has 0 saturated carbocycles. The third kappa shape index (κ3) is 7.27. The number of aryl methyl sites for hydroxylation is 1. The summed E-state index contributed by atoms with van der Waals surface area (Å²) in [7, 11) is 1.71. The van der Waals surface area contributed by atoms with Gasteiger partial charge in [-0.25, -0.2) is 0 Å². The van der Waals surface area contributed by atoms with Gasteiger partial charge in [-0.2, -0.15) is 0 Å². The maximum absolute atomic E-state index is 10.3. The summed E-state index contributed by atoms with van der Waals surface area (Å²) in [6.45, 7) is 6.76. The van der Waals surface area contributed by atoms with Crippen molar-refractivity contribution >= 4 is 30.5 Å². The van der Waals surface area contributed by atoms with Gasteiger partial charge >= 0.3 is 0 Å². The van der Waals surface area contributed by atoms with Crippen LogP contribution in [0.4, 0.5) is 5.69 Å². The molecular weight excluding hydrogens is 411 g/mol. The zero-order chi connectivity index (χ0) is 19.1. The Labute approximate surface area is 186 Å². The number of nitrogens with zero attached hydrogens (tertiary/aromatic N) is 2. The van der Waals surface area contributed by atoms with Gasteiger partial charge in [0.25, 0.3) is 0 Å². The first-order valence-corrected chi connectivity index (χ1v) is 9.69. The molecule has 0 radical (unpaired) electrons. The van der Waals surface area contributed by atoms with Gasteiger partial charge in [-0.1, -0.05) is 31.2 Å². The average Bonchev–Trinajstić information content (AvgIpc) is 2.73. The number of benzene rings is 2. The molecule has 1 aliphatic rings. The van der Waals surface area contributed by atoms with E-state index in [2.05, 4.69) is 34.9 Å². The Morgan fingerprint density at radius 3 is 2.24 bits per heavy atom. The minimum absolute atomic E-state index is 0. The molecule has 0 aromatic heterocycles. The van der Waals surface area contributed by atoms with Gasteiger partial charge in [-0.3, -0.25) is 4.90 Å². The van der Waals surface area contributed by atoms with Crippen molar-refractivity contribution in [1.82, 2.24) is 4.90 Å². The standard InChI is InChI=1S/C22H30N2O3.2ClH/c1-3-18-8-10-20(11-9-18)27-17-19(25)16-23-12-14-24(15-13-23)21-6-4-5-7-22(21)26-2;;/h4-11,19,25H,3,12-17H2,1-2H3;2*1H. The molecule has 1 fully saturated rings. The molecule has 1 heterocycles. The second-order valence-electron chi connectivity index (χ2n) is 6.92. The van der Waals surface area contributed by atoms with Gasteiger partial charge in [-0.15, -0.1) is 24.8 Å². The lowest BCUT2D eigenvalue weighted by atomic mass is 10.2. The molecule has 1 unspecified atom stereocenters. The summed E-state index contributed by atoms with van der Waals surface area (Å²) in [4.78, 5) is 4.63. The van der Waals surface area contributed by atoms with Gasteiger partial charge in [0.15, 0.2) is 0 Å². The summed E-state index contributed by atoms with van der Waals surface area (Å²) in [5, 5.41) is 10.3.